The Bertz CT molecular complexity index is 472. The summed E-state index contributed by atoms with van der Waals surface area (Å²) in [7, 11) is 0. The molecule has 0 saturated heterocycles. The lowest BCUT2D eigenvalue weighted by Crippen LogP contribution is -2.14. The molecule has 0 aliphatic rings. The van der Waals surface area contributed by atoms with Gasteiger partial charge in [0.05, 0.1) is 6.10 Å². The van der Waals surface area contributed by atoms with Crippen LogP contribution in [0.3, 0.4) is 0 Å². The Kier molecular flexibility index (Phi) is 4.19. The Morgan fingerprint density at radius 3 is 2.76 bits per heavy atom. The average Bonchev–Trinajstić information content (AvgIpc) is 2.72. The maximum Gasteiger partial charge on any atom is 0.0563 e. The molecule has 17 heavy (non-hydrogen) atoms. The van der Waals surface area contributed by atoms with E-state index in [9.17, 15) is 5.11 Å². The van der Waals surface area contributed by atoms with Crippen LogP contribution in [0.5, 0.6) is 0 Å². The topological polar surface area (TPSA) is 20.2 Å². The Labute approximate surface area is 107 Å². The van der Waals surface area contributed by atoms with Crippen molar-refractivity contribution in [2.45, 2.75) is 39.2 Å². The second-order valence-electron chi connectivity index (χ2n) is 4.96. The van der Waals surface area contributed by atoms with Crippen LogP contribution in [0.15, 0.2) is 29.6 Å². The van der Waals surface area contributed by atoms with E-state index in [1.165, 1.54) is 15.6 Å². The van der Waals surface area contributed by atoms with Crippen LogP contribution < -0.4 is 0 Å². The molecule has 1 aromatic heterocycles. The fourth-order valence-electron chi connectivity index (χ4n) is 2.06. The number of hydrogen-bond acceptors (Lipinski definition) is 2. The van der Waals surface area contributed by atoms with Crippen molar-refractivity contribution in [1.29, 1.82) is 0 Å². The highest BCUT2D eigenvalue weighted by molar-refractivity contribution is 7.17. The summed E-state index contributed by atoms with van der Waals surface area (Å²) in [5.41, 5.74) is 1.43. The predicted octanol–water partition coefficient (Wildman–Crippen LogP) is 4.24. The van der Waals surface area contributed by atoms with Gasteiger partial charge in [-0.1, -0.05) is 32.0 Å². The lowest BCUT2D eigenvalue weighted by Gasteiger charge is -2.13. The molecule has 0 bridgehead atoms. The van der Waals surface area contributed by atoms with E-state index in [0.29, 0.717) is 5.92 Å². The molecule has 1 heterocycles. The van der Waals surface area contributed by atoms with Gasteiger partial charge in [-0.3, -0.25) is 0 Å². The normalized spacial score (nSPS) is 13.4. The van der Waals surface area contributed by atoms with Crippen molar-refractivity contribution >= 4 is 21.4 Å². The van der Waals surface area contributed by atoms with E-state index < -0.39 is 0 Å². The minimum absolute atomic E-state index is 0.153. The molecular weight excluding hydrogens is 228 g/mol. The van der Waals surface area contributed by atoms with E-state index >= 15 is 0 Å². The molecule has 0 aliphatic heterocycles. The fraction of sp³-hybridized carbons (Fsp3) is 0.467. The van der Waals surface area contributed by atoms with Crippen molar-refractivity contribution in [1.82, 2.24) is 0 Å². The van der Waals surface area contributed by atoms with Crippen LogP contribution in [-0.4, -0.2) is 11.2 Å². The first-order valence-corrected chi connectivity index (χ1v) is 7.19. The van der Waals surface area contributed by atoms with Crippen LogP contribution in [0, 0.1) is 5.92 Å². The van der Waals surface area contributed by atoms with Gasteiger partial charge in [0.1, 0.15) is 0 Å². The molecule has 0 fully saturated rings. The lowest BCUT2D eigenvalue weighted by atomic mass is 9.99. The molecule has 2 heteroatoms. The Hall–Kier alpha value is -0.860. The summed E-state index contributed by atoms with van der Waals surface area (Å²) < 4.78 is 1.37. The van der Waals surface area contributed by atoms with Crippen molar-refractivity contribution in [2.24, 2.45) is 5.92 Å². The third kappa shape index (κ3) is 3.08. The highest BCUT2D eigenvalue weighted by Crippen LogP contribution is 2.27. The first kappa shape index (κ1) is 12.6. The highest BCUT2D eigenvalue weighted by Gasteiger charge is 2.09. The third-order valence-corrected chi connectivity index (χ3v) is 4.29. The minimum atomic E-state index is -0.153. The number of fused-ring (bicyclic) bond motifs is 1. The minimum Gasteiger partial charge on any atom is -0.393 e. The van der Waals surface area contributed by atoms with Crippen molar-refractivity contribution in [3.05, 3.63) is 35.2 Å². The van der Waals surface area contributed by atoms with Crippen molar-refractivity contribution in [3.63, 3.8) is 0 Å². The smallest absolute Gasteiger partial charge is 0.0563 e. The third-order valence-electron chi connectivity index (χ3n) is 3.28. The molecule has 0 saturated carbocycles. The van der Waals surface area contributed by atoms with Crippen LogP contribution in [0.4, 0.5) is 0 Å². The second-order valence-corrected chi connectivity index (χ2v) is 5.87. The summed E-state index contributed by atoms with van der Waals surface area (Å²) >= 11 is 1.82. The molecule has 2 rings (SSSR count). The molecule has 1 nitrogen and oxygen atoms in total. The van der Waals surface area contributed by atoms with Gasteiger partial charge >= 0.3 is 0 Å². The molecule has 1 atom stereocenters. The molecule has 2 aromatic rings. The standard InChI is InChI=1S/C15H20OS/c1-11(2)14(16)8-5-6-12-10-17-15-9-4-3-7-13(12)15/h3-4,7,9-11,14,16H,5-6,8H2,1-2H3. The van der Waals surface area contributed by atoms with E-state index in [4.69, 9.17) is 0 Å². The summed E-state index contributed by atoms with van der Waals surface area (Å²) in [5, 5.41) is 13.4. The van der Waals surface area contributed by atoms with Crippen LogP contribution in [-0.2, 0) is 6.42 Å². The van der Waals surface area contributed by atoms with E-state index in [0.717, 1.165) is 19.3 Å². The maximum absolute atomic E-state index is 9.77. The zero-order chi connectivity index (χ0) is 12.3. The van der Waals surface area contributed by atoms with Gasteiger partial charge in [-0.05, 0) is 47.6 Å². The van der Waals surface area contributed by atoms with Gasteiger partial charge < -0.3 is 5.11 Å². The SMILES string of the molecule is CC(C)C(O)CCCc1csc2ccccc12. The number of aliphatic hydroxyl groups excluding tert-OH is 1. The van der Waals surface area contributed by atoms with E-state index in [1.807, 2.05) is 11.3 Å². The number of thiophene rings is 1. The van der Waals surface area contributed by atoms with Gasteiger partial charge in [-0.25, -0.2) is 0 Å². The molecular formula is C15H20OS. The molecule has 0 spiro atoms. The van der Waals surface area contributed by atoms with Crippen LogP contribution >= 0.6 is 11.3 Å². The average molecular weight is 248 g/mol. The van der Waals surface area contributed by atoms with Gasteiger partial charge in [0, 0.05) is 4.70 Å². The summed E-state index contributed by atoms with van der Waals surface area (Å²) in [6.45, 7) is 4.15. The molecule has 1 unspecified atom stereocenters. The van der Waals surface area contributed by atoms with E-state index in [1.54, 1.807) is 0 Å². The number of aliphatic hydroxyl groups is 1. The zero-order valence-electron chi connectivity index (χ0n) is 10.5. The molecule has 1 N–H and O–H groups in total. The summed E-state index contributed by atoms with van der Waals surface area (Å²) in [6.07, 6.45) is 2.90. The fourth-order valence-corrected chi connectivity index (χ4v) is 3.06. The molecule has 92 valence electrons. The quantitative estimate of drug-likeness (QED) is 0.839. The van der Waals surface area contributed by atoms with E-state index in [-0.39, 0.29) is 6.10 Å². The van der Waals surface area contributed by atoms with Crippen molar-refractivity contribution in [2.75, 3.05) is 0 Å². The summed E-state index contributed by atoms with van der Waals surface area (Å²) in [5.74, 6) is 0.370. The highest BCUT2D eigenvalue weighted by atomic mass is 32.1. The van der Waals surface area contributed by atoms with Gasteiger partial charge in [-0.2, -0.15) is 0 Å². The summed E-state index contributed by atoms with van der Waals surface area (Å²) in [6, 6.07) is 8.55. The lowest BCUT2D eigenvalue weighted by molar-refractivity contribution is 0.114. The molecule has 0 radical (unpaired) electrons. The van der Waals surface area contributed by atoms with E-state index in [2.05, 4.69) is 43.5 Å². The predicted molar refractivity (Wildman–Crippen MR) is 75.6 cm³/mol. The molecule has 1 aromatic carbocycles. The molecule has 0 aliphatic carbocycles. The Morgan fingerprint density at radius 2 is 2.00 bits per heavy atom. The maximum atomic E-state index is 9.77. The number of benzene rings is 1. The van der Waals surface area contributed by atoms with Gasteiger partial charge in [-0.15, -0.1) is 11.3 Å². The number of hydrogen-bond donors (Lipinski definition) is 1. The first-order chi connectivity index (χ1) is 8.18. The van der Waals surface area contributed by atoms with Crippen LogP contribution in [0.2, 0.25) is 0 Å². The Morgan fingerprint density at radius 1 is 1.24 bits per heavy atom. The number of aryl methyl sites for hydroxylation is 1. The van der Waals surface area contributed by atoms with Crippen LogP contribution in [0.25, 0.3) is 10.1 Å². The molecule has 0 amide bonds. The summed E-state index contributed by atoms with van der Waals surface area (Å²) in [4.78, 5) is 0. The second kappa shape index (κ2) is 5.65. The monoisotopic (exact) mass is 248 g/mol. The van der Waals surface area contributed by atoms with Crippen molar-refractivity contribution in [3.8, 4) is 0 Å². The number of rotatable bonds is 5. The Balaban J connectivity index is 1.95. The van der Waals surface area contributed by atoms with Gasteiger partial charge in [0.15, 0.2) is 0 Å². The van der Waals surface area contributed by atoms with Gasteiger partial charge in [0.2, 0.25) is 0 Å². The first-order valence-electron chi connectivity index (χ1n) is 6.31. The van der Waals surface area contributed by atoms with Gasteiger partial charge in [0.25, 0.3) is 0 Å². The van der Waals surface area contributed by atoms with Crippen LogP contribution in [0.1, 0.15) is 32.3 Å². The zero-order valence-corrected chi connectivity index (χ0v) is 11.3. The largest absolute Gasteiger partial charge is 0.393 e. The van der Waals surface area contributed by atoms with Crippen molar-refractivity contribution < 1.29 is 5.11 Å².